The number of benzene rings is 1. The lowest BCUT2D eigenvalue weighted by molar-refractivity contribution is 0.0937. The number of nitrogens with two attached hydrogens (primary N) is 1. The molecule has 1 atom stereocenters. The van der Waals surface area contributed by atoms with Gasteiger partial charge in [-0.2, -0.15) is 0 Å². The highest BCUT2D eigenvalue weighted by Crippen LogP contribution is 2.36. The molecule has 0 aliphatic rings. The molecule has 2 aromatic rings. The van der Waals surface area contributed by atoms with Crippen molar-refractivity contribution in [2.24, 2.45) is 5.73 Å². The predicted molar refractivity (Wildman–Crippen MR) is 110 cm³/mol. The van der Waals surface area contributed by atoms with Gasteiger partial charge in [0.1, 0.15) is 5.75 Å². The molecule has 1 aromatic heterocycles. The molecule has 0 radical (unpaired) electrons. The second-order valence-electron chi connectivity index (χ2n) is 5.51. The zero-order valence-corrected chi connectivity index (χ0v) is 18.3. The Bertz CT molecular complexity index is 1010. The van der Waals surface area contributed by atoms with Crippen molar-refractivity contribution in [2.45, 2.75) is 22.1 Å². The summed E-state index contributed by atoms with van der Waals surface area (Å²) in [6.45, 7) is 1.71. The van der Waals surface area contributed by atoms with Gasteiger partial charge in [0, 0.05) is 14.8 Å². The molecule has 1 aromatic carbocycles. The molecule has 0 fully saturated rings. The fourth-order valence-electron chi connectivity index (χ4n) is 2.30. The van der Waals surface area contributed by atoms with Crippen LogP contribution in [0.3, 0.4) is 0 Å². The summed E-state index contributed by atoms with van der Waals surface area (Å²) in [5, 5.41) is 3.17. The molecular formula is C16H18ClN3O5S3. The summed E-state index contributed by atoms with van der Waals surface area (Å²) in [5.74, 6) is -0.0652. The van der Waals surface area contributed by atoms with Gasteiger partial charge in [-0.05, 0) is 37.4 Å². The Balaban J connectivity index is 2.30. The van der Waals surface area contributed by atoms with Crippen molar-refractivity contribution >= 4 is 56.7 Å². The Morgan fingerprint density at radius 1 is 1.32 bits per heavy atom. The van der Waals surface area contributed by atoms with E-state index >= 15 is 0 Å². The predicted octanol–water partition coefficient (Wildman–Crippen LogP) is 2.98. The van der Waals surface area contributed by atoms with E-state index in [4.69, 9.17) is 22.1 Å². The summed E-state index contributed by atoms with van der Waals surface area (Å²) < 4.78 is 31.5. The number of carbonyl (C=O) groups excluding carboxylic acids is 2. The first kappa shape index (κ1) is 22.3. The van der Waals surface area contributed by atoms with Crippen LogP contribution in [-0.2, 0) is 10.0 Å². The fourth-order valence-corrected chi connectivity index (χ4v) is 6.23. The number of methoxy groups -OCH3 is 1. The number of hydrogen-bond donors (Lipinski definition) is 3. The van der Waals surface area contributed by atoms with Gasteiger partial charge < -0.3 is 15.8 Å². The third-order valence-electron chi connectivity index (χ3n) is 3.56. The number of primary amides is 1. The molecule has 1 heterocycles. The SMILES string of the molecule is COc1ccc(Cl)cc1C(=O)NC(C)c1cc(SC)c(S(=O)(=O)NC(N)=O)s1. The van der Waals surface area contributed by atoms with Gasteiger partial charge in [-0.15, -0.1) is 23.1 Å². The van der Waals surface area contributed by atoms with Gasteiger partial charge in [0.15, 0.2) is 4.21 Å². The summed E-state index contributed by atoms with van der Waals surface area (Å²) in [7, 11) is -2.65. The van der Waals surface area contributed by atoms with Crippen LogP contribution in [0.25, 0.3) is 0 Å². The van der Waals surface area contributed by atoms with Crippen LogP contribution in [-0.4, -0.2) is 33.7 Å². The quantitative estimate of drug-likeness (QED) is 0.541. The summed E-state index contributed by atoms with van der Waals surface area (Å²) in [6.07, 6.45) is 1.70. The number of thioether (sulfide) groups is 1. The average Bonchev–Trinajstić information content (AvgIpc) is 3.06. The number of urea groups is 1. The first-order valence-corrected chi connectivity index (χ1v) is 11.6. The van der Waals surface area contributed by atoms with E-state index in [1.54, 1.807) is 36.1 Å². The molecule has 8 nitrogen and oxygen atoms in total. The van der Waals surface area contributed by atoms with E-state index in [-0.39, 0.29) is 9.77 Å². The number of nitrogens with one attached hydrogen (secondary N) is 2. The lowest BCUT2D eigenvalue weighted by Crippen LogP contribution is -2.34. The van der Waals surface area contributed by atoms with Crippen molar-refractivity contribution in [3.63, 3.8) is 0 Å². The Hall–Kier alpha value is -1.95. The molecule has 28 heavy (non-hydrogen) atoms. The van der Waals surface area contributed by atoms with Crippen LogP contribution in [0.5, 0.6) is 5.75 Å². The van der Waals surface area contributed by atoms with E-state index in [1.807, 2.05) is 0 Å². The number of halogens is 1. The molecule has 0 bridgehead atoms. The largest absolute Gasteiger partial charge is 0.496 e. The van der Waals surface area contributed by atoms with Crippen LogP contribution in [0.1, 0.15) is 28.2 Å². The van der Waals surface area contributed by atoms with Crippen LogP contribution in [0.4, 0.5) is 4.79 Å². The highest BCUT2D eigenvalue weighted by molar-refractivity contribution is 8.00. The van der Waals surface area contributed by atoms with Crippen molar-refractivity contribution in [3.05, 3.63) is 39.7 Å². The molecule has 0 aliphatic carbocycles. The fraction of sp³-hybridized carbons (Fsp3) is 0.250. The first-order chi connectivity index (χ1) is 13.1. The van der Waals surface area contributed by atoms with Crippen molar-refractivity contribution < 1.29 is 22.7 Å². The smallest absolute Gasteiger partial charge is 0.326 e. The highest BCUT2D eigenvalue weighted by atomic mass is 35.5. The molecule has 0 saturated carbocycles. The van der Waals surface area contributed by atoms with Crippen LogP contribution in [0.2, 0.25) is 5.02 Å². The van der Waals surface area contributed by atoms with E-state index in [9.17, 15) is 18.0 Å². The maximum atomic E-state index is 12.6. The number of thiophene rings is 1. The maximum Gasteiger partial charge on any atom is 0.326 e. The van der Waals surface area contributed by atoms with E-state index in [0.717, 1.165) is 11.3 Å². The molecular weight excluding hydrogens is 446 g/mol. The van der Waals surface area contributed by atoms with E-state index in [1.165, 1.54) is 24.9 Å². The molecule has 1 unspecified atom stereocenters. The minimum absolute atomic E-state index is 0.0461. The minimum atomic E-state index is -4.09. The number of hydrogen-bond acceptors (Lipinski definition) is 7. The van der Waals surface area contributed by atoms with Gasteiger partial charge in [-0.25, -0.2) is 17.9 Å². The number of sulfonamides is 1. The van der Waals surface area contributed by atoms with Crippen molar-refractivity contribution in [1.82, 2.24) is 10.0 Å². The van der Waals surface area contributed by atoms with Crippen LogP contribution >= 0.6 is 34.7 Å². The van der Waals surface area contributed by atoms with Crippen molar-refractivity contribution in [1.29, 1.82) is 0 Å². The first-order valence-electron chi connectivity index (χ1n) is 7.73. The number of rotatable bonds is 7. The standard InChI is InChI=1S/C16H18ClN3O5S3/c1-8(19-14(21)10-6-9(17)4-5-11(10)25-2)12-7-13(26-3)15(27-12)28(23,24)20-16(18)22/h4-8H,1-3H3,(H,19,21)(H3,18,20,22). The number of carbonyl (C=O) groups is 2. The van der Waals surface area contributed by atoms with Gasteiger partial charge in [0.2, 0.25) is 0 Å². The molecule has 0 saturated heterocycles. The molecule has 0 aliphatic heterocycles. The molecule has 0 spiro atoms. The zero-order chi connectivity index (χ0) is 21.1. The molecule has 2 rings (SSSR count). The maximum absolute atomic E-state index is 12.6. The zero-order valence-electron chi connectivity index (χ0n) is 15.1. The second-order valence-corrected chi connectivity index (χ2v) is 9.76. The average molecular weight is 464 g/mol. The lowest BCUT2D eigenvalue weighted by Gasteiger charge is -2.14. The van der Waals surface area contributed by atoms with E-state index in [2.05, 4.69) is 5.32 Å². The Labute approximate surface area is 175 Å². The van der Waals surface area contributed by atoms with Crippen LogP contribution in [0.15, 0.2) is 33.4 Å². The van der Waals surface area contributed by atoms with E-state index in [0.29, 0.717) is 20.5 Å². The Morgan fingerprint density at radius 3 is 2.57 bits per heavy atom. The molecule has 3 amide bonds. The summed E-state index contributed by atoms with van der Waals surface area (Å²) in [6, 6.07) is 4.63. The summed E-state index contributed by atoms with van der Waals surface area (Å²) >= 11 is 8.10. The van der Waals surface area contributed by atoms with Gasteiger partial charge in [0.25, 0.3) is 15.9 Å². The van der Waals surface area contributed by atoms with Gasteiger partial charge in [-0.3, -0.25) is 4.79 Å². The van der Waals surface area contributed by atoms with Gasteiger partial charge in [-0.1, -0.05) is 11.6 Å². The highest BCUT2D eigenvalue weighted by Gasteiger charge is 2.26. The Morgan fingerprint density at radius 2 is 2.00 bits per heavy atom. The third kappa shape index (κ3) is 5.10. The molecule has 152 valence electrons. The topological polar surface area (TPSA) is 128 Å². The lowest BCUT2D eigenvalue weighted by atomic mass is 10.1. The van der Waals surface area contributed by atoms with Crippen molar-refractivity contribution in [2.75, 3.05) is 13.4 Å². The number of amides is 3. The number of ether oxygens (including phenoxy) is 1. The van der Waals surface area contributed by atoms with Gasteiger partial charge in [0.05, 0.1) is 18.7 Å². The van der Waals surface area contributed by atoms with Crippen LogP contribution < -0.4 is 20.5 Å². The van der Waals surface area contributed by atoms with Gasteiger partial charge >= 0.3 is 6.03 Å². The summed E-state index contributed by atoms with van der Waals surface area (Å²) in [4.78, 5) is 24.6. The second kappa shape index (κ2) is 9.03. The Kier molecular flexibility index (Phi) is 7.21. The third-order valence-corrected chi connectivity index (χ3v) is 8.02. The van der Waals surface area contributed by atoms with Crippen LogP contribution in [0, 0.1) is 0 Å². The normalized spacial score (nSPS) is 12.3. The minimum Gasteiger partial charge on any atom is -0.496 e. The van der Waals surface area contributed by atoms with Crippen molar-refractivity contribution in [3.8, 4) is 5.75 Å². The summed E-state index contributed by atoms with van der Waals surface area (Å²) in [5.41, 5.74) is 5.19. The molecule has 12 heteroatoms. The molecule has 4 N–H and O–H groups in total. The monoisotopic (exact) mass is 463 g/mol. The van der Waals surface area contributed by atoms with E-state index < -0.39 is 28.0 Å².